The second-order valence-electron chi connectivity index (χ2n) is 5.15. The van der Waals surface area contributed by atoms with Crippen molar-refractivity contribution < 1.29 is 9.31 Å². The summed E-state index contributed by atoms with van der Waals surface area (Å²) in [6.45, 7) is 12.2. The summed E-state index contributed by atoms with van der Waals surface area (Å²) in [5.41, 5.74) is 7.18. The van der Waals surface area contributed by atoms with Crippen molar-refractivity contribution in [2.45, 2.75) is 59.2 Å². The molecule has 0 amide bonds. The summed E-state index contributed by atoms with van der Waals surface area (Å²) in [6.07, 6.45) is 0.829. The number of rotatable bonds is 2. The lowest BCUT2D eigenvalue weighted by Gasteiger charge is -2.32. The van der Waals surface area contributed by atoms with Crippen molar-refractivity contribution in [3.63, 3.8) is 0 Å². The fraction of sp³-hybridized carbons (Fsp3) is 0.818. The number of hydrogen-bond acceptors (Lipinski definition) is 3. The van der Waals surface area contributed by atoms with Gasteiger partial charge in [-0.25, -0.2) is 0 Å². The van der Waals surface area contributed by atoms with Crippen molar-refractivity contribution >= 4 is 7.12 Å². The first-order valence-corrected chi connectivity index (χ1v) is 5.52. The van der Waals surface area contributed by atoms with Gasteiger partial charge in [-0.1, -0.05) is 6.92 Å². The summed E-state index contributed by atoms with van der Waals surface area (Å²) in [7, 11) is -0.296. The van der Waals surface area contributed by atoms with Crippen LogP contribution in [0.2, 0.25) is 0 Å². The van der Waals surface area contributed by atoms with E-state index in [-0.39, 0.29) is 18.3 Å². The average molecular weight is 211 g/mol. The summed E-state index contributed by atoms with van der Waals surface area (Å²) in [5, 5.41) is 0. The normalized spacial score (nSPS) is 25.3. The lowest BCUT2D eigenvalue weighted by molar-refractivity contribution is 0.00578. The van der Waals surface area contributed by atoms with Gasteiger partial charge in [0.1, 0.15) is 0 Å². The van der Waals surface area contributed by atoms with Crippen LogP contribution in [0.15, 0.2) is 11.2 Å². The summed E-state index contributed by atoms with van der Waals surface area (Å²) in [4.78, 5) is 0. The van der Waals surface area contributed by atoms with Crippen LogP contribution in [0.3, 0.4) is 0 Å². The van der Waals surface area contributed by atoms with Gasteiger partial charge in [0, 0.05) is 5.70 Å². The van der Waals surface area contributed by atoms with E-state index in [1.54, 1.807) is 0 Å². The minimum atomic E-state index is -0.296. The lowest BCUT2D eigenvalue weighted by atomic mass is 9.77. The number of nitrogens with two attached hydrogens (primary N) is 1. The molecule has 86 valence electrons. The van der Waals surface area contributed by atoms with Gasteiger partial charge >= 0.3 is 7.12 Å². The minimum absolute atomic E-state index is 0.285. The Kier molecular flexibility index (Phi) is 3.22. The predicted octanol–water partition coefficient (Wildman–Crippen LogP) is 2.26. The van der Waals surface area contributed by atoms with Gasteiger partial charge in [-0.05, 0) is 46.5 Å². The molecule has 0 aromatic carbocycles. The molecule has 0 unspecified atom stereocenters. The van der Waals surface area contributed by atoms with Crippen LogP contribution in [0.5, 0.6) is 0 Å². The predicted molar refractivity (Wildman–Crippen MR) is 63.3 cm³/mol. The first-order valence-electron chi connectivity index (χ1n) is 5.52. The zero-order valence-electron chi connectivity index (χ0n) is 10.7. The Balaban J connectivity index is 2.89. The Morgan fingerprint density at radius 3 is 1.87 bits per heavy atom. The van der Waals surface area contributed by atoms with Gasteiger partial charge in [0.25, 0.3) is 0 Å². The zero-order chi connectivity index (χ0) is 11.9. The van der Waals surface area contributed by atoms with Crippen molar-refractivity contribution in [1.82, 2.24) is 0 Å². The van der Waals surface area contributed by atoms with Crippen molar-refractivity contribution in [2.75, 3.05) is 0 Å². The quantitative estimate of drug-likeness (QED) is 0.712. The van der Waals surface area contributed by atoms with E-state index < -0.39 is 0 Å². The molecule has 4 heteroatoms. The average Bonchev–Trinajstić information content (AvgIpc) is 2.33. The van der Waals surface area contributed by atoms with Crippen molar-refractivity contribution in [1.29, 1.82) is 0 Å². The summed E-state index contributed by atoms with van der Waals surface area (Å²) in [5.74, 6) is 0. The first kappa shape index (κ1) is 12.6. The SMILES string of the molecule is CC/C(N)=C(\C)B1OC(C)(C)C(C)(C)O1. The molecule has 2 N–H and O–H groups in total. The second kappa shape index (κ2) is 3.83. The highest BCUT2D eigenvalue weighted by molar-refractivity contribution is 6.54. The van der Waals surface area contributed by atoms with Crippen LogP contribution < -0.4 is 5.73 Å². The van der Waals surface area contributed by atoms with E-state index in [0.717, 1.165) is 17.6 Å². The third kappa shape index (κ3) is 2.21. The van der Waals surface area contributed by atoms with Crippen LogP contribution in [0.4, 0.5) is 0 Å². The fourth-order valence-corrected chi connectivity index (χ4v) is 1.45. The molecule has 0 bridgehead atoms. The van der Waals surface area contributed by atoms with Gasteiger partial charge in [0.2, 0.25) is 0 Å². The van der Waals surface area contributed by atoms with E-state index in [9.17, 15) is 0 Å². The van der Waals surface area contributed by atoms with E-state index >= 15 is 0 Å². The Morgan fingerprint density at radius 2 is 1.53 bits per heavy atom. The molecule has 0 radical (unpaired) electrons. The lowest BCUT2D eigenvalue weighted by Crippen LogP contribution is -2.41. The molecular weight excluding hydrogens is 189 g/mol. The monoisotopic (exact) mass is 211 g/mol. The van der Waals surface area contributed by atoms with Crippen LogP contribution in [-0.2, 0) is 9.31 Å². The van der Waals surface area contributed by atoms with Crippen LogP contribution in [0.1, 0.15) is 48.0 Å². The van der Waals surface area contributed by atoms with E-state index in [4.69, 9.17) is 15.0 Å². The number of hydrogen-bond donors (Lipinski definition) is 1. The Labute approximate surface area is 93.2 Å². The standard InChI is InChI=1S/C11H22BNO2/c1-7-9(13)8(2)12-14-10(3,4)11(5,6)15-12/h7,13H2,1-6H3/b9-8-. The van der Waals surface area contributed by atoms with Gasteiger partial charge in [0.05, 0.1) is 11.2 Å². The van der Waals surface area contributed by atoms with Crippen LogP contribution in [0, 0.1) is 0 Å². The van der Waals surface area contributed by atoms with Crippen molar-refractivity contribution in [2.24, 2.45) is 5.73 Å². The molecule has 0 aliphatic carbocycles. The molecule has 0 aromatic heterocycles. The minimum Gasteiger partial charge on any atom is -0.403 e. The smallest absolute Gasteiger partial charge is 0.403 e. The van der Waals surface area contributed by atoms with Crippen LogP contribution >= 0.6 is 0 Å². The molecule has 1 saturated heterocycles. The molecular formula is C11H22BNO2. The fourth-order valence-electron chi connectivity index (χ4n) is 1.45. The van der Waals surface area contributed by atoms with Crippen LogP contribution in [-0.4, -0.2) is 18.3 Å². The molecule has 0 aromatic rings. The largest absolute Gasteiger partial charge is 0.492 e. The van der Waals surface area contributed by atoms with Gasteiger partial charge in [-0.3, -0.25) is 0 Å². The van der Waals surface area contributed by atoms with Gasteiger partial charge in [-0.2, -0.15) is 0 Å². The molecule has 1 heterocycles. The third-order valence-corrected chi connectivity index (χ3v) is 3.49. The number of allylic oxidation sites excluding steroid dienone is 2. The molecule has 1 aliphatic rings. The molecule has 0 saturated carbocycles. The molecule has 0 spiro atoms. The highest BCUT2D eigenvalue weighted by atomic mass is 16.7. The molecule has 0 atom stereocenters. The third-order valence-electron chi connectivity index (χ3n) is 3.49. The first-order chi connectivity index (χ1) is 6.71. The van der Waals surface area contributed by atoms with E-state index in [1.165, 1.54) is 0 Å². The maximum Gasteiger partial charge on any atom is 0.492 e. The summed E-state index contributed by atoms with van der Waals surface area (Å²) >= 11 is 0. The van der Waals surface area contributed by atoms with Gasteiger partial charge in [0.15, 0.2) is 0 Å². The molecule has 3 nitrogen and oxygen atoms in total. The highest BCUT2D eigenvalue weighted by Crippen LogP contribution is 2.38. The van der Waals surface area contributed by atoms with Gasteiger partial charge < -0.3 is 15.0 Å². The Bertz CT molecular complexity index is 268. The molecule has 15 heavy (non-hydrogen) atoms. The van der Waals surface area contributed by atoms with Crippen LogP contribution in [0.25, 0.3) is 0 Å². The van der Waals surface area contributed by atoms with Crippen molar-refractivity contribution in [3.05, 3.63) is 11.2 Å². The molecule has 1 fully saturated rings. The van der Waals surface area contributed by atoms with Gasteiger partial charge in [-0.15, -0.1) is 0 Å². The maximum absolute atomic E-state index is 5.89. The second-order valence-corrected chi connectivity index (χ2v) is 5.15. The van der Waals surface area contributed by atoms with E-state index in [2.05, 4.69) is 0 Å². The summed E-state index contributed by atoms with van der Waals surface area (Å²) in [6, 6.07) is 0. The van der Waals surface area contributed by atoms with E-state index in [0.29, 0.717) is 0 Å². The Morgan fingerprint density at radius 1 is 1.13 bits per heavy atom. The maximum atomic E-state index is 5.89. The topological polar surface area (TPSA) is 44.5 Å². The summed E-state index contributed by atoms with van der Waals surface area (Å²) < 4.78 is 11.8. The molecule has 1 aliphatic heterocycles. The highest BCUT2D eigenvalue weighted by Gasteiger charge is 2.51. The Hall–Kier alpha value is -0.475. The molecule has 1 rings (SSSR count). The zero-order valence-corrected chi connectivity index (χ0v) is 10.7. The van der Waals surface area contributed by atoms with E-state index in [1.807, 2.05) is 41.5 Å². The van der Waals surface area contributed by atoms with Crippen molar-refractivity contribution in [3.8, 4) is 0 Å².